The van der Waals surface area contributed by atoms with E-state index in [4.69, 9.17) is 0 Å². The van der Waals surface area contributed by atoms with E-state index in [1.165, 1.54) is 0 Å². The number of anilines is 1. The Kier molecular flexibility index (Phi) is 5.55. The molecule has 5 heteroatoms. The lowest BCUT2D eigenvalue weighted by molar-refractivity contribution is -0.145. The highest BCUT2D eigenvalue weighted by Gasteiger charge is 2.29. The number of para-hydroxylation sites is 1. The smallest absolute Gasteiger partial charge is 0.320 e. The Morgan fingerprint density at radius 1 is 1.32 bits per heavy atom. The van der Waals surface area contributed by atoms with Crippen LogP contribution in [0, 0.1) is 0 Å². The number of carbonyl (C=O) groups is 2. The van der Waals surface area contributed by atoms with Crippen molar-refractivity contribution in [3.63, 3.8) is 0 Å². The van der Waals surface area contributed by atoms with Gasteiger partial charge in [-0.1, -0.05) is 38.5 Å². The molecule has 1 atom stereocenters. The summed E-state index contributed by atoms with van der Waals surface area (Å²) in [7, 11) is 0. The minimum absolute atomic E-state index is 0.128. The van der Waals surface area contributed by atoms with Gasteiger partial charge >= 0.3 is 5.97 Å². The van der Waals surface area contributed by atoms with E-state index in [0.717, 1.165) is 24.1 Å². The summed E-state index contributed by atoms with van der Waals surface area (Å²) in [6.45, 7) is 4.95. The maximum absolute atomic E-state index is 12.3. The second-order valence-electron chi connectivity index (χ2n) is 6.11. The summed E-state index contributed by atoms with van der Waals surface area (Å²) in [6.07, 6.45) is 2.47. The van der Waals surface area contributed by atoms with E-state index >= 15 is 0 Å². The van der Waals surface area contributed by atoms with Crippen molar-refractivity contribution in [3.05, 3.63) is 29.8 Å². The van der Waals surface area contributed by atoms with Crippen LogP contribution in [0.4, 0.5) is 5.69 Å². The largest absolute Gasteiger partial charge is 0.480 e. The van der Waals surface area contributed by atoms with Crippen molar-refractivity contribution < 1.29 is 14.7 Å². The number of carbonyl (C=O) groups excluding carboxylic acids is 1. The molecule has 2 rings (SSSR count). The van der Waals surface area contributed by atoms with Crippen LogP contribution in [0.2, 0.25) is 0 Å². The van der Waals surface area contributed by atoms with Crippen LogP contribution in [0.15, 0.2) is 24.3 Å². The monoisotopic (exact) mass is 304 g/mol. The molecule has 0 radical (unpaired) electrons. The number of rotatable bonds is 5. The van der Waals surface area contributed by atoms with Gasteiger partial charge in [0.1, 0.15) is 6.04 Å². The minimum atomic E-state index is -0.838. The Bertz CT molecular complexity index is 542. The van der Waals surface area contributed by atoms with Gasteiger partial charge in [-0.25, -0.2) is 0 Å². The normalized spacial score (nSPS) is 19.1. The van der Waals surface area contributed by atoms with E-state index in [0.29, 0.717) is 18.9 Å². The van der Waals surface area contributed by atoms with E-state index in [1.54, 1.807) is 4.90 Å². The number of amides is 1. The molecule has 1 heterocycles. The Morgan fingerprint density at radius 3 is 2.73 bits per heavy atom. The van der Waals surface area contributed by atoms with Crippen molar-refractivity contribution in [2.75, 3.05) is 18.4 Å². The van der Waals surface area contributed by atoms with Gasteiger partial charge < -0.3 is 10.4 Å². The molecule has 1 aliphatic rings. The highest BCUT2D eigenvalue weighted by Crippen LogP contribution is 2.24. The van der Waals surface area contributed by atoms with Crippen molar-refractivity contribution in [1.82, 2.24) is 4.90 Å². The van der Waals surface area contributed by atoms with Gasteiger partial charge in [0.2, 0.25) is 5.91 Å². The highest BCUT2D eigenvalue weighted by atomic mass is 16.4. The lowest BCUT2D eigenvalue weighted by Gasteiger charge is -2.32. The zero-order chi connectivity index (χ0) is 16.1. The topological polar surface area (TPSA) is 69.6 Å². The lowest BCUT2D eigenvalue weighted by Crippen LogP contribution is -2.47. The predicted molar refractivity (Wildman–Crippen MR) is 86.0 cm³/mol. The third-order valence-corrected chi connectivity index (χ3v) is 4.10. The van der Waals surface area contributed by atoms with Crippen molar-refractivity contribution in [2.45, 2.75) is 45.1 Å². The highest BCUT2D eigenvalue weighted by molar-refractivity contribution is 5.93. The molecule has 1 unspecified atom stereocenters. The number of piperidine rings is 1. The quantitative estimate of drug-likeness (QED) is 0.877. The number of nitrogens with zero attached hydrogens (tertiary/aromatic N) is 1. The fourth-order valence-electron chi connectivity index (χ4n) is 2.95. The van der Waals surface area contributed by atoms with Gasteiger partial charge in [0.25, 0.3) is 0 Å². The van der Waals surface area contributed by atoms with Crippen LogP contribution < -0.4 is 5.32 Å². The molecule has 1 aliphatic heterocycles. The summed E-state index contributed by atoms with van der Waals surface area (Å²) in [5.41, 5.74) is 1.90. The first-order chi connectivity index (χ1) is 10.5. The summed E-state index contributed by atoms with van der Waals surface area (Å²) in [5.74, 6) is -0.672. The molecule has 0 aromatic heterocycles. The fraction of sp³-hybridized carbons (Fsp3) is 0.529. The summed E-state index contributed by atoms with van der Waals surface area (Å²) in [5, 5.41) is 12.2. The summed E-state index contributed by atoms with van der Waals surface area (Å²) >= 11 is 0. The van der Waals surface area contributed by atoms with E-state index < -0.39 is 12.0 Å². The standard InChI is InChI=1S/C17H24N2O3/c1-12(2)13-7-3-4-8-14(13)18-16(20)11-19-10-6-5-9-15(19)17(21)22/h3-4,7-8,12,15H,5-6,9-11H2,1-2H3,(H,18,20)(H,21,22). The molecule has 1 saturated heterocycles. The molecule has 1 fully saturated rings. The fourth-order valence-corrected chi connectivity index (χ4v) is 2.95. The summed E-state index contributed by atoms with van der Waals surface area (Å²) < 4.78 is 0. The SMILES string of the molecule is CC(C)c1ccccc1NC(=O)CN1CCCCC1C(=O)O. The maximum Gasteiger partial charge on any atom is 0.320 e. The third kappa shape index (κ3) is 4.07. The van der Waals surface area contributed by atoms with Crippen molar-refractivity contribution in [2.24, 2.45) is 0 Å². The maximum atomic E-state index is 12.3. The second kappa shape index (κ2) is 7.40. The van der Waals surface area contributed by atoms with Crippen LogP contribution in [0.5, 0.6) is 0 Å². The third-order valence-electron chi connectivity index (χ3n) is 4.10. The number of benzene rings is 1. The molecule has 1 aromatic rings. The Hall–Kier alpha value is -1.88. The van der Waals surface area contributed by atoms with Gasteiger partial charge in [-0.05, 0) is 36.9 Å². The molecule has 0 saturated carbocycles. The number of carboxylic acids is 1. The first-order valence-electron chi connectivity index (χ1n) is 7.84. The van der Waals surface area contributed by atoms with E-state index in [9.17, 15) is 14.7 Å². The predicted octanol–water partition coefficient (Wildman–Crippen LogP) is 2.69. The molecule has 22 heavy (non-hydrogen) atoms. The van der Waals surface area contributed by atoms with Gasteiger partial charge in [0, 0.05) is 5.69 Å². The molecule has 2 N–H and O–H groups in total. The summed E-state index contributed by atoms with van der Waals surface area (Å²) in [6, 6.07) is 7.19. The number of likely N-dealkylation sites (tertiary alicyclic amines) is 1. The van der Waals surface area contributed by atoms with Gasteiger partial charge in [-0.3, -0.25) is 14.5 Å². The number of hydrogen-bond donors (Lipinski definition) is 2. The first-order valence-corrected chi connectivity index (χ1v) is 7.84. The molecular weight excluding hydrogens is 280 g/mol. The van der Waals surface area contributed by atoms with Crippen LogP contribution in [0.3, 0.4) is 0 Å². The zero-order valence-corrected chi connectivity index (χ0v) is 13.2. The Balaban J connectivity index is 2.02. The molecule has 1 aromatic carbocycles. The van der Waals surface area contributed by atoms with Gasteiger partial charge in [0.05, 0.1) is 6.54 Å². The molecule has 1 amide bonds. The van der Waals surface area contributed by atoms with Crippen LogP contribution in [-0.4, -0.2) is 41.0 Å². The van der Waals surface area contributed by atoms with E-state index in [-0.39, 0.29) is 12.5 Å². The molecule has 5 nitrogen and oxygen atoms in total. The van der Waals surface area contributed by atoms with Gasteiger partial charge in [0.15, 0.2) is 0 Å². The average molecular weight is 304 g/mol. The van der Waals surface area contributed by atoms with Crippen LogP contribution in [-0.2, 0) is 9.59 Å². The number of nitrogens with one attached hydrogen (secondary N) is 1. The van der Waals surface area contributed by atoms with Crippen LogP contribution in [0.1, 0.15) is 44.6 Å². The number of hydrogen-bond acceptors (Lipinski definition) is 3. The molecule has 0 spiro atoms. The van der Waals surface area contributed by atoms with Crippen LogP contribution >= 0.6 is 0 Å². The van der Waals surface area contributed by atoms with E-state index in [1.807, 2.05) is 24.3 Å². The van der Waals surface area contributed by atoms with Gasteiger partial charge in [-0.2, -0.15) is 0 Å². The van der Waals surface area contributed by atoms with Crippen molar-refractivity contribution in [3.8, 4) is 0 Å². The van der Waals surface area contributed by atoms with Gasteiger partial charge in [-0.15, -0.1) is 0 Å². The lowest BCUT2D eigenvalue weighted by atomic mass is 10.0. The molecular formula is C17H24N2O3. The molecule has 0 aliphatic carbocycles. The number of aliphatic carboxylic acids is 1. The van der Waals surface area contributed by atoms with Crippen molar-refractivity contribution in [1.29, 1.82) is 0 Å². The zero-order valence-electron chi connectivity index (χ0n) is 13.2. The molecule has 0 bridgehead atoms. The Labute approximate surface area is 131 Å². The minimum Gasteiger partial charge on any atom is -0.480 e. The van der Waals surface area contributed by atoms with Crippen LogP contribution in [0.25, 0.3) is 0 Å². The summed E-state index contributed by atoms with van der Waals surface area (Å²) in [4.78, 5) is 25.3. The average Bonchev–Trinajstić information content (AvgIpc) is 2.47. The van der Waals surface area contributed by atoms with Crippen molar-refractivity contribution >= 4 is 17.6 Å². The van der Waals surface area contributed by atoms with E-state index in [2.05, 4.69) is 19.2 Å². The number of carboxylic acid groups (broad SMARTS) is 1. The first kappa shape index (κ1) is 16.5. The Morgan fingerprint density at radius 2 is 2.05 bits per heavy atom. The second-order valence-corrected chi connectivity index (χ2v) is 6.11. The molecule has 120 valence electrons.